The summed E-state index contributed by atoms with van der Waals surface area (Å²) in [6, 6.07) is 23.8. The number of hydrogen-bond acceptors (Lipinski definition) is 5. The van der Waals surface area contributed by atoms with Gasteiger partial charge in [-0.25, -0.2) is 8.42 Å². The van der Waals surface area contributed by atoms with E-state index >= 15 is 0 Å². The molecule has 204 valence electrons. The van der Waals surface area contributed by atoms with Crippen LogP contribution in [0.2, 0.25) is 0 Å². The predicted octanol–water partition coefficient (Wildman–Crippen LogP) is 4.93. The molecule has 8 heteroatoms. The fourth-order valence-corrected chi connectivity index (χ4v) is 6.49. The summed E-state index contributed by atoms with van der Waals surface area (Å²) in [7, 11) is -3.62. The maximum Gasteiger partial charge on any atom is 0.306 e. The number of fused-ring (bicyclic) bond motifs is 1. The van der Waals surface area contributed by atoms with Gasteiger partial charge in [0.2, 0.25) is 10.0 Å². The van der Waals surface area contributed by atoms with Crippen molar-refractivity contribution in [3.05, 3.63) is 95.7 Å². The Morgan fingerprint density at radius 3 is 2.46 bits per heavy atom. The minimum absolute atomic E-state index is 0.197. The van der Waals surface area contributed by atoms with Crippen molar-refractivity contribution in [3.63, 3.8) is 0 Å². The van der Waals surface area contributed by atoms with Gasteiger partial charge >= 0.3 is 5.97 Å². The fourth-order valence-electron chi connectivity index (χ4n) is 5.05. The number of hydrogen-bond donors (Lipinski definition) is 0. The maximum absolute atomic E-state index is 13.3. The quantitative estimate of drug-likeness (QED) is 0.264. The first kappa shape index (κ1) is 27.1. The van der Waals surface area contributed by atoms with E-state index in [-0.39, 0.29) is 10.9 Å². The molecule has 0 unspecified atom stereocenters. The second-order valence-corrected chi connectivity index (χ2v) is 11.6. The second-order valence-electron chi connectivity index (χ2n) is 9.68. The van der Waals surface area contributed by atoms with E-state index in [9.17, 15) is 13.2 Å². The first-order valence-corrected chi connectivity index (χ1v) is 14.9. The van der Waals surface area contributed by atoms with E-state index in [1.54, 1.807) is 18.2 Å². The van der Waals surface area contributed by atoms with Crippen molar-refractivity contribution >= 4 is 26.9 Å². The average molecular weight is 547 g/mol. The maximum atomic E-state index is 13.3. The lowest BCUT2D eigenvalue weighted by molar-refractivity contribution is -0.143. The number of sulfonamides is 1. The summed E-state index contributed by atoms with van der Waals surface area (Å²) in [5.74, 6) is -0.197. The molecule has 1 aliphatic heterocycles. The Hall–Kier alpha value is -3.46. The van der Waals surface area contributed by atoms with E-state index in [2.05, 4.69) is 35.0 Å². The van der Waals surface area contributed by atoms with Gasteiger partial charge in [-0.05, 0) is 73.2 Å². The molecule has 0 saturated carbocycles. The summed E-state index contributed by atoms with van der Waals surface area (Å²) in [6.07, 6.45) is 4.77. The summed E-state index contributed by atoms with van der Waals surface area (Å²) < 4.78 is 40.7. The zero-order valence-electron chi connectivity index (χ0n) is 22.2. The Bertz CT molecular complexity index is 1540. The van der Waals surface area contributed by atoms with Gasteiger partial charge in [0, 0.05) is 36.8 Å². The highest BCUT2D eigenvalue weighted by Gasteiger charge is 2.26. The minimum Gasteiger partial charge on any atom is -0.466 e. The fraction of sp³-hybridized carbons (Fsp3) is 0.323. The van der Waals surface area contributed by atoms with Crippen LogP contribution in [0.3, 0.4) is 0 Å². The molecule has 1 aliphatic rings. The molecule has 0 atom stereocenters. The third-order valence-corrected chi connectivity index (χ3v) is 9.00. The number of ether oxygens (including phenoxy) is 2. The minimum atomic E-state index is -3.62. The lowest BCUT2D eigenvalue weighted by atomic mass is 10.0. The summed E-state index contributed by atoms with van der Waals surface area (Å²) >= 11 is 0. The van der Waals surface area contributed by atoms with Crippen LogP contribution in [0.25, 0.3) is 16.6 Å². The molecule has 0 radical (unpaired) electrons. The summed E-state index contributed by atoms with van der Waals surface area (Å²) in [4.78, 5) is 12.2. The highest BCUT2D eigenvalue weighted by Crippen LogP contribution is 2.29. The molecule has 1 saturated heterocycles. The molecule has 0 aliphatic carbocycles. The van der Waals surface area contributed by atoms with Crippen molar-refractivity contribution in [2.24, 2.45) is 0 Å². The normalized spacial score (nSPS) is 14.5. The zero-order valence-corrected chi connectivity index (χ0v) is 23.0. The van der Waals surface area contributed by atoms with Gasteiger partial charge < -0.3 is 14.0 Å². The van der Waals surface area contributed by atoms with E-state index in [4.69, 9.17) is 9.47 Å². The van der Waals surface area contributed by atoms with E-state index in [1.165, 1.54) is 15.4 Å². The molecule has 7 nitrogen and oxygen atoms in total. The predicted molar refractivity (Wildman–Crippen MR) is 152 cm³/mol. The number of rotatable bonds is 10. The van der Waals surface area contributed by atoms with Crippen LogP contribution in [-0.2, 0) is 43.6 Å². The van der Waals surface area contributed by atoms with Crippen LogP contribution in [-0.4, -0.2) is 56.2 Å². The van der Waals surface area contributed by atoms with Gasteiger partial charge in [-0.3, -0.25) is 4.79 Å². The van der Waals surface area contributed by atoms with Crippen LogP contribution in [0.1, 0.15) is 30.0 Å². The summed E-state index contributed by atoms with van der Waals surface area (Å²) in [6.45, 7) is 3.72. The van der Waals surface area contributed by atoms with E-state index in [0.29, 0.717) is 45.8 Å². The molecule has 4 aromatic rings. The Morgan fingerprint density at radius 1 is 0.897 bits per heavy atom. The molecule has 0 N–H and O–H groups in total. The average Bonchev–Trinajstić information content (AvgIpc) is 3.34. The zero-order chi connectivity index (χ0) is 27.2. The summed E-state index contributed by atoms with van der Waals surface area (Å²) in [5, 5.41) is 1.11. The van der Waals surface area contributed by atoms with Gasteiger partial charge in [-0.1, -0.05) is 42.5 Å². The van der Waals surface area contributed by atoms with E-state index in [0.717, 1.165) is 35.0 Å². The number of nitrogens with zero attached hydrogens (tertiary/aromatic N) is 2. The molecule has 0 bridgehead atoms. The topological polar surface area (TPSA) is 77.8 Å². The first-order valence-electron chi connectivity index (χ1n) is 13.5. The van der Waals surface area contributed by atoms with Crippen molar-refractivity contribution in [2.75, 3.05) is 32.9 Å². The van der Waals surface area contributed by atoms with Crippen LogP contribution < -0.4 is 0 Å². The molecule has 2 heterocycles. The van der Waals surface area contributed by atoms with E-state index in [1.807, 2.05) is 37.3 Å². The number of carbonyl (C=O) groups is 1. The van der Waals surface area contributed by atoms with Crippen LogP contribution in [0.5, 0.6) is 0 Å². The molecule has 1 aromatic heterocycles. The number of benzene rings is 3. The number of aromatic nitrogens is 1. The molecular weight excluding hydrogens is 512 g/mol. The Kier molecular flexibility index (Phi) is 8.45. The standard InChI is InChI=1S/C31H34N2O5S/c1-2-38-31(34)16-13-25-12-15-30-29(21-25)26(14-11-24-7-4-3-5-8-24)23-33(30)27-9-6-10-28(22-27)39(35,36)32-17-19-37-20-18-32/h3-10,12,15,21-23H,2,11,13-14,16-20H2,1H3. The number of carbonyl (C=O) groups excluding carboxylic acids is 1. The summed E-state index contributed by atoms with van der Waals surface area (Å²) in [5.41, 5.74) is 5.29. The lowest BCUT2D eigenvalue weighted by Gasteiger charge is -2.26. The molecule has 1 fully saturated rings. The third-order valence-electron chi connectivity index (χ3n) is 7.10. The van der Waals surface area contributed by atoms with Gasteiger partial charge in [0.15, 0.2) is 0 Å². The monoisotopic (exact) mass is 546 g/mol. The van der Waals surface area contributed by atoms with Gasteiger partial charge in [-0.2, -0.15) is 4.31 Å². The van der Waals surface area contributed by atoms with Crippen molar-refractivity contribution in [1.82, 2.24) is 8.87 Å². The van der Waals surface area contributed by atoms with Crippen molar-refractivity contribution in [2.45, 2.75) is 37.5 Å². The number of morpholine rings is 1. The third kappa shape index (κ3) is 6.24. The Morgan fingerprint density at radius 2 is 1.69 bits per heavy atom. The van der Waals surface area contributed by atoms with Gasteiger partial charge in [0.1, 0.15) is 0 Å². The van der Waals surface area contributed by atoms with Crippen LogP contribution in [0, 0.1) is 0 Å². The van der Waals surface area contributed by atoms with Crippen molar-refractivity contribution in [1.29, 1.82) is 0 Å². The largest absolute Gasteiger partial charge is 0.466 e. The lowest BCUT2D eigenvalue weighted by Crippen LogP contribution is -2.40. The number of aryl methyl sites for hydroxylation is 3. The molecule has 0 spiro atoms. The van der Waals surface area contributed by atoms with Crippen molar-refractivity contribution in [3.8, 4) is 5.69 Å². The Balaban J connectivity index is 1.50. The molecule has 0 amide bonds. The highest BCUT2D eigenvalue weighted by molar-refractivity contribution is 7.89. The Labute approximate surface area is 230 Å². The van der Waals surface area contributed by atoms with Crippen molar-refractivity contribution < 1.29 is 22.7 Å². The van der Waals surface area contributed by atoms with Gasteiger partial charge in [0.05, 0.1) is 30.2 Å². The first-order chi connectivity index (χ1) is 19.0. The van der Waals surface area contributed by atoms with Gasteiger partial charge in [-0.15, -0.1) is 0 Å². The van der Waals surface area contributed by atoms with E-state index < -0.39 is 10.0 Å². The number of esters is 1. The van der Waals surface area contributed by atoms with Gasteiger partial charge in [0.25, 0.3) is 0 Å². The molecule has 5 rings (SSSR count). The van der Waals surface area contributed by atoms with Crippen LogP contribution in [0.4, 0.5) is 0 Å². The molecular formula is C31H34N2O5S. The molecule has 3 aromatic carbocycles. The highest BCUT2D eigenvalue weighted by atomic mass is 32.2. The molecule has 39 heavy (non-hydrogen) atoms. The van der Waals surface area contributed by atoms with Crippen LogP contribution in [0.15, 0.2) is 83.9 Å². The smallest absolute Gasteiger partial charge is 0.306 e. The van der Waals surface area contributed by atoms with Crippen LogP contribution >= 0.6 is 0 Å². The SMILES string of the molecule is CCOC(=O)CCc1ccc2c(c1)c(CCc1ccccc1)cn2-c1cccc(S(=O)(=O)N2CCOCC2)c1. The second kappa shape index (κ2) is 12.2.